The molecule has 0 aromatic heterocycles. The van der Waals surface area contributed by atoms with E-state index in [1.807, 2.05) is 0 Å². The Hall–Kier alpha value is -3.72. The van der Waals surface area contributed by atoms with Crippen molar-refractivity contribution in [1.29, 1.82) is 0 Å². The van der Waals surface area contributed by atoms with Crippen molar-refractivity contribution in [1.82, 2.24) is 0 Å². The molecule has 0 radical (unpaired) electrons. The summed E-state index contributed by atoms with van der Waals surface area (Å²) in [5.41, 5.74) is 16.2. The molecule has 0 saturated carbocycles. The third-order valence-electron chi connectivity index (χ3n) is 13.0. The molecule has 0 unspecified atom stereocenters. The van der Waals surface area contributed by atoms with E-state index in [0.29, 0.717) is 17.2 Å². The molecule has 3 heteroatoms. The lowest BCUT2D eigenvalue weighted by Gasteiger charge is -2.31. The van der Waals surface area contributed by atoms with Crippen LogP contribution in [0.3, 0.4) is 0 Å². The fourth-order valence-corrected chi connectivity index (χ4v) is 8.75. The molecular weight excluding hydrogens is 709 g/mol. The van der Waals surface area contributed by atoms with Crippen molar-refractivity contribution >= 4 is 0 Å². The molecule has 4 aromatic rings. The van der Waals surface area contributed by atoms with Gasteiger partial charge in [0.05, 0.1) is 0 Å². The van der Waals surface area contributed by atoms with Gasteiger partial charge >= 0.3 is 0 Å². The quantitative estimate of drug-likeness (QED) is 0.167. The van der Waals surface area contributed by atoms with Crippen LogP contribution in [0.2, 0.25) is 0 Å². The first-order valence-electron chi connectivity index (χ1n) is 21.8. The van der Waals surface area contributed by atoms with Crippen LogP contribution in [-0.2, 0) is 51.8 Å². The van der Waals surface area contributed by atoms with E-state index in [9.17, 15) is 15.3 Å². The van der Waals surface area contributed by atoms with Crippen LogP contribution < -0.4 is 0 Å². The van der Waals surface area contributed by atoms with E-state index >= 15 is 0 Å². The minimum absolute atomic E-state index is 0.184. The number of rotatable bonds is 8. The number of hydrogen-bond acceptors (Lipinski definition) is 3. The average Bonchev–Trinajstić information content (AvgIpc) is 3.06. The second kappa shape index (κ2) is 15.7. The molecule has 0 spiro atoms. The maximum Gasteiger partial charge on any atom is 0.123 e. The molecule has 0 heterocycles. The minimum atomic E-state index is -0.227. The molecule has 0 aliphatic heterocycles. The highest BCUT2D eigenvalue weighted by atomic mass is 16.3. The molecule has 0 aliphatic rings. The third-order valence-corrected chi connectivity index (χ3v) is 13.0. The van der Waals surface area contributed by atoms with E-state index < -0.39 is 0 Å². The lowest BCUT2D eigenvalue weighted by atomic mass is 9.75. The Labute approximate surface area is 354 Å². The molecular formula is C55H80O3. The standard InChI is InChI=1S/C55H80O3/c1-22-55(20,21)46-31-37(30-45(49(46)58)54(17,18)19)25-40-33(3)38(23-35-26-41(50(5,6)7)47(56)42(27-35)51(8,9)10)32(2)39(34(40)4)24-36-28-43(52(11,12)13)48(57)44(29-36)53(14,15)16/h26-31,56-58H,22-25H2,1-21H3. The van der Waals surface area contributed by atoms with Gasteiger partial charge in [-0.1, -0.05) is 161 Å². The highest BCUT2D eigenvalue weighted by Crippen LogP contribution is 2.45. The molecule has 4 aromatic carbocycles. The van der Waals surface area contributed by atoms with Crippen LogP contribution in [0.4, 0.5) is 0 Å². The summed E-state index contributed by atoms with van der Waals surface area (Å²) in [7, 11) is 0. The van der Waals surface area contributed by atoms with Crippen molar-refractivity contribution in [2.45, 2.75) is 204 Å². The van der Waals surface area contributed by atoms with Crippen LogP contribution >= 0.6 is 0 Å². The first-order valence-corrected chi connectivity index (χ1v) is 21.8. The summed E-state index contributed by atoms with van der Waals surface area (Å²) in [5.74, 6) is 1.24. The zero-order chi connectivity index (χ0) is 44.5. The molecule has 0 aliphatic carbocycles. The molecule has 58 heavy (non-hydrogen) atoms. The molecule has 0 atom stereocenters. The zero-order valence-corrected chi connectivity index (χ0v) is 40.6. The van der Waals surface area contributed by atoms with Crippen LogP contribution in [-0.4, -0.2) is 15.3 Å². The first kappa shape index (κ1) is 47.0. The normalized spacial score (nSPS) is 13.4. The average molecular weight is 789 g/mol. The second-order valence-corrected chi connectivity index (χ2v) is 23.4. The van der Waals surface area contributed by atoms with Crippen molar-refractivity contribution in [3.8, 4) is 17.2 Å². The van der Waals surface area contributed by atoms with Gasteiger partial charge < -0.3 is 15.3 Å². The SMILES string of the molecule is CCC(C)(C)c1cc(Cc2c(C)c(Cc3cc(C(C)(C)C)c(O)c(C(C)(C)C)c3)c(C)c(Cc3cc(C(C)(C)C)c(O)c(C(C)(C)C)c3)c2C)cc(C(C)(C)C)c1O. The highest BCUT2D eigenvalue weighted by Gasteiger charge is 2.31. The van der Waals surface area contributed by atoms with Crippen molar-refractivity contribution in [2.24, 2.45) is 0 Å². The Bertz CT molecular complexity index is 1990. The number of phenols is 3. The monoisotopic (exact) mass is 789 g/mol. The minimum Gasteiger partial charge on any atom is -0.507 e. The second-order valence-electron chi connectivity index (χ2n) is 23.4. The van der Waals surface area contributed by atoms with E-state index in [2.05, 4.69) is 182 Å². The van der Waals surface area contributed by atoms with Crippen LogP contribution in [0.1, 0.15) is 214 Å². The largest absolute Gasteiger partial charge is 0.507 e. The van der Waals surface area contributed by atoms with Gasteiger partial charge in [0.15, 0.2) is 0 Å². The van der Waals surface area contributed by atoms with Gasteiger partial charge in [-0.25, -0.2) is 0 Å². The number of aromatic hydroxyl groups is 3. The van der Waals surface area contributed by atoms with Crippen LogP contribution in [0.15, 0.2) is 36.4 Å². The van der Waals surface area contributed by atoms with Gasteiger partial charge in [-0.2, -0.15) is 0 Å². The van der Waals surface area contributed by atoms with Crippen molar-refractivity contribution in [3.63, 3.8) is 0 Å². The van der Waals surface area contributed by atoms with Gasteiger partial charge in [0.25, 0.3) is 0 Å². The van der Waals surface area contributed by atoms with Crippen LogP contribution in [0.5, 0.6) is 17.2 Å². The Kier molecular flexibility index (Phi) is 12.7. The molecule has 0 bridgehead atoms. The molecule has 0 saturated heterocycles. The van der Waals surface area contributed by atoms with Crippen LogP contribution in [0.25, 0.3) is 0 Å². The Morgan fingerprint density at radius 2 is 0.534 bits per heavy atom. The van der Waals surface area contributed by atoms with Gasteiger partial charge in [-0.3, -0.25) is 0 Å². The molecule has 4 rings (SSSR count). The number of benzene rings is 4. The topological polar surface area (TPSA) is 60.7 Å². The van der Waals surface area contributed by atoms with Gasteiger partial charge in [0, 0.05) is 5.56 Å². The van der Waals surface area contributed by atoms with Crippen molar-refractivity contribution in [2.75, 3.05) is 0 Å². The maximum atomic E-state index is 11.8. The lowest BCUT2D eigenvalue weighted by molar-refractivity contribution is 0.409. The van der Waals surface area contributed by atoms with E-state index in [0.717, 1.165) is 59.1 Å². The predicted molar refractivity (Wildman–Crippen MR) is 250 cm³/mol. The van der Waals surface area contributed by atoms with E-state index in [4.69, 9.17) is 0 Å². The smallest absolute Gasteiger partial charge is 0.123 e. The fourth-order valence-electron chi connectivity index (χ4n) is 8.75. The number of hydrogen-bond donors (Lipinski definition) is 3. The Balaban J connectivity index is 2.11. The van der Waals surface area contributed by atoms with E-state index in [1.54, 1.807) is 0 Å². The Morgan fingerprint density at radius 3 is 0.724 bits per heavy atom. The summed E-state index contributed by atoms with van der Waals surface area (Å²) in [6.07, 6.45) is 3.17. The lowest BCUT2D eigenvalue weighted by Crippen LogP contribution is -2.20. The molecule has 3 N–H and O–H groups in total. The molecule has 0 amide bonds. The first-order chi connectivity index (χ1) is 26.1. The number of phenolic OH excluding ortho intramolecular Hbond substituents is 3. The van der Waals surface area contributed by atoms with Gasteiger partial charge in [0.1, 0.15) is 17.2 Å². The van der Waals surface area contributed by atoms with E-state index in [1.165, 1.54) is 50.1 Å². The molecule has 318 valence electrons. The summed E-state index contributed by atoms with van der Waals surface area (Å²) < 4.78 is 0. The Morgan fingerprint density at radius 1 is 0.345 bits per heavy atom. The third kappa shape index (κ3) is 9.66. The van der Waals surface area contributed by atoms with Crippen molar-refractivity contribution in [3.05, 3.63) is 120 Å². The van der Waals surface area contributed by atoms with Gasteiger partial charge in [-0.05, 0) is 157 Å². The summed E-state index contributed by atoms with van der Waals surface area (Å²) in [5, 5.41) is 35.1. The van der Waals surface area contributed by atoms with E-state index in [-0.39, 0.29) is 32.5 Å². The van der Waals surface area contributed by atoms with Gasteiger partial charge in [-0.15, -0.1) is 0 Å². The molecule has 0 fully saturated rings. The summed E-state index contributed by atoms with van der Waals surface area (Å²) >= 11 is 0. The van der Waals surface area contributed by atoms with Crippen molar-refractivity contribution < 1.29 is 15.3 Å². The summed E-state index contributed by atoms with van der Waals surface area (Å²) in [4.78, 5) is 0. The van der Waals surface area contributed by atoms with Gasteiger partial charge in [0.2, 0.25) is 0 Å². The zero-order valence-electron chi connectivity index (χ0n) is 40.6. The van der Waals surface area contributed by atoms with Crippen LogP contribution in [0, 0.1) is 20.8 Å². The maximum absolute atomic E-state index is 11.8. The summed E-state index contributed by atoms with van der Waals surface area (Å²) in [6.45, 7) is 46.4. The summed E-state index contributed by atoms with van der Waals surface area (Å²) in [6, 6.07) is 13.5. The highest BCUT2D eigenvalue weighted by molar-refractivity contribution is 5.59. The predicted octanol–water partition coefficient (Wildman–Crippen LogP) is 14.7. The molecule has 3 nitrogen and oxygen atoms in total. The fraction of sp³-hybridized carbons (Fsp3) is 0.564.